The van der Waals surface area contributed by atoms with Crippen LogP contribution in [-0.2, 0) is 16.8 Å². The summed E-state index contributed by atoms with van der Waals surface area (Å²) < 4.78 is 11.1. The number of hydrogen-bond acceptors (Lipinski definition) is 7. The van der Waals surface area contributed by atoms with E-state index in [0.29, 0.717) is 56.2 Å². The number of hydroxylamine groups is 1. The van der Waals surface area contributed by atoms with Gasteiger partial charge >= 0.3 is 0 Å². The zero-order valence-corrected chi connectivity index (χ0v) is 11.9. The second kappa shape index (κ2) is 4.49. The molecule has 0 spiro atoms. The number of morpholine rings is 1. The lowest BCUT2D eigenvalue weighted by Gasteiger charge is -2.34. The van der Waals surface area contributed by atoms with Crippen LogP contribution in [0.2, 0.25) is 0 Å². The summed E-state index contributed by atoms with van der Waals surface area (Å²) in [5, 5.41) is 31.7. The Labute approximate surface area is 121 Å². The average Bonchev–Trinajstić information content (AvgIpc) is 3.04. The van der Waals surface area contributed by atoms with E-state index in [2.05, 4.69) is 15.2 Å². The number of aliphatic hydroxyl groups is 1. The molecule has 3 heterocycles. The molecular formula is C13H18N4O4. The minimum absolute atomic E-state index is 0.297. The Bertz CT molecular complexity index is 595. The zero-order chi connectivity index (χ0) is 14.6. The van der Waals surface area contributed by atoms with Crippen LogP contribution in [0.3, 0.4) is 0 Å². The minimum atomic E-state index is -1.36. The van der Waals surface area contributed by atoms with Crippen LogP contribution in [0.5, 0.6) is 0 Å². The van der Waals surface area contributed by atoms with E-state index in [-0.39, 0.29) is 5.92 Å². The number of ether oxygens (including phenoxy) is 1. The van der Waals surface area contributed by atoms with Crippen LogP contribution in [0.15, 0.2) is 4.63 Å². The summed E-state index contributed by atoms with van der Waals surface area (Å²) in [7, 11) is 0. The Kier molecular flexibility index (Phi) is 2.82. The van der Waals surface area contributed by atoms with Gasteiger partial charge in [-0.2, -0.15) is 4.74 Å². The van der Waals surface area contributed by atoms with Gasteiger partial charge in [0.05, 0.1) is 19.1 Å². The first-order valence-electron chi connectivity index (χ1n) is 7.32. The van der Waals surface area contributed by atoms with Gasteiger partial charge in [-0.05, 0) is 0 Å². The Morgan fingerprint density at radius 3 is 2.86 bits per heavy atom. The Morgan fingerprint density at radius 1 is 1.33 bits per heavy atom. The molecule has 1 aliphatic carbocycles. The molecule has 0 radical (unpaired) electrons. The van der Waals surface area contributed by atoms with Crippen LogP contribution in [0.1, 0.15) is 24.7 Å². The van der Waals surface area contributed by atoms with Gasteiger partial charge in [0, 0.05) is 25.9 Å². The van der Waals surface area contributed by atoms with Gasteiger partial charge in [-0.25, -0.2) is 9.53 Å². The third-order valence-electron chi connectivity index (χ3n) is 4.99. The summed E-state index contributed by atoms with van der Waals surface area (Å²) in [4.78, 5) is 2.08. The summed E-state index contributed by atoms with van der Waals surface area (Å²) in [6, 6.07) is 0. The van der Waals surface area contributed by atoms with Crippen molar-refractivity contribution in [3.63, 3.8) is 0 Å². The minimum Gasteiger partial charge on any atom is -0.623 e. The fraction of sp³-hybridized carbons (Fsp3) is 0.769. The van der Waals surface area contributed by atoms with Crippen LogP contribution >= 0.6 is 0 Å². The van der Waals surface area contributed by atoms with Crippen molar-refractivity contribution in [3.8, 4) is 0 Å². The highest BCUT2D eigenvalue weighted by atomic mass is 16.6. The summed E-state index contributed by atoms with van der Waals surface area (Å²) in [6.07, 6.45) is 0.681. The molecule has 8 heteroatoms. The second-order valence-electron chi connectivity index (χ2n) is 5.95. The second-order valence-corrected chi connectivity index (χ2v) is 5.95. The molecule has 3 atom stereocenters. The lowest BCUT2D eigenvalue weighted by atomic mass is 9.76. The maximum Gasteiger partial charge on any atom is 0.226 e. The topological polar surface area (TPSA) is 97.7 Å². The molecule has 0 aromatic carbocycles. The molecule has 21 heavy (non-hydrogen) atoms. The summed E-state index contributed by atoms with van der Waals surface area (Å²) >= 11 is 0. The van der Waals surface area contributed by atoms with Crippen molar-refractivity contribution < 1.29 is 19.2 Å². The Morgan fingerprint density at radius 2 is 2.10 bits per heavy atom. The molecule has 2 aliphatic heterocycles. The summed E-state index contributed by atoms with van der Waals surface area (Å²) in [5.41, 5.74) is 0.185. The largest absolute Gasteiger partial charge is 0.623 e. The molecule has 8 nitrogen and oxygen atoms in total. The molecule has 3 aliphatic rings. The van der Waals surface area contributed by atoms with Crippen molar-refractivity contribution in [1.82, 2.24) is 15.2 Å². The molecule has 0 amide bonds. The van der Waals surface area contributed by atoms with Gasteiger partial charge in [0.1, 0.15) is 5.69 Å². The maximum absolute atomic E-state index is 12.7. The number of aryl methyl sites for hydroxylation is 1. The van der Waals surface area contributed by atoms with E-state index in [1.165, 1.54) is 0 Å². The van der Waals surface area contributed by atoms with Crippen LogP contribution in [0.25, 0.3) is 0 Å². The van der Waals surface area contributed by atoms with Gasteiger partial charge in [-0.15, -0.1) is 0 Å². The van der Waals surface area contributed by atoms with E-state index in [1.54, 1.807) is 0 Å². The van der Waals surface area contributed by atoms with Gasteiger partial charge < -0.3 is 15.1 Å². The molecule has 0 unspecified atom stereocenters. The fourth-order valence-corrected chi connectivity index (χ4v) is 3.87. The van der Waals surface area contributed by atoms with E-state index < -0.39 is 11.8 Å². The van der Waals surface area contributed by atoms with E-state index >= 15 is 0 Å². The van der Waals surface area contributed by atoms with Crippen molar-refractivity contribution in [2.45, 2.75) is 31.5 Å². The highest BCUT2D eigenvalue weighted by molar-refractivity contribution is 5.92. The van der Waals surface area contributed by atoms with Crippen LogP contribution in [0, 0.1) is 11.1 Å². The lowest BCUT2D eigenvalue weighted by molar-refractivity contribution is -0.531. The molecule has 1 saturated heterocycles. The number of rotatable bonds is 1. The van der Waals surface area contributed by atoms with Crippen molar-refractivity contribution in [2.24, 2.45) is 5.92 Å². The number of nitrogens with zero attached hydrogens (tertiary/aromatic N) is 4. The van der Waals surface area contributed by atoms with Crippen molar-refractivity contribution in [3.05, 3.63) is 16.6 Å². The third-order valence-corrected chi connectivity index (χ3v) is 4.99. The first-order valence-corrected chi connectivity index (χ1v) is 7.32. The third kappa shape index (κ3) is 1.63. The summed E-state index contributed by atoms with van der Waals surface area (Å²) in [6.45, 7) is 4.51. The normalized spacial score (nSPS) is 36.7. The highest BCUT2D eigenvalue weighted by Crippen LogP contribution is 2.44. The molecule has 1 aromatic heterocycles. The molecule has 114 valence electrons. The van der Waals surface area contributed by atoms with Gasteiger partial charge in [-0.3, -0.25) is 0 Å². The fourth-order valence-electron chi connectivity index (χ4n) is 3.87. The molecule has 0 saturated carbocycles. The standard InChI is InChI=1S/C13H18N4O4/c1-8-12(16-4-6-20-7-5-16)17(19)10-3-2-9-11(13(8,10)18)15-21-14-9/h8,12,18H,2-7H2,1H3/t8-,12+,13-/m0/s1. The Balaban J connectivity index is 1.77. The van der Waals surface area contributed by atoms with E-state index in [0.717, 1.165) is 4.74 Å². The first-order chi connectivity index (χ1) is 10.1. The predicted molar refractivity (Wildman–Crippen MR) is 70.5 cm³/mol. The van der Waals surface area contributed by atoms with Crippen molar-refractivity contribution in [2.75, 3.05) is 26.3 Å². The lowest BCUT2D eigenvalue weighted by Crippen LogP contribution is -2.51. The highest BCUT2D eigenvalue weighted by Gasteiger charge is 2.63. The Hall–Kier alpha value is -1.51. The number of aromatic nitrogens is 2. The molecule has 1 aromatic rings. The summed E-state index contributed by atoms with van der Waals surface area (Å²) in [5.74, 6) is -0.297. The average molecular weight is 294 g/mol. The molecule has 1 fully saturated rings. The van der Waals surface area contributed by atoms with E-state index in [4.69, 9.17) is 9.37 Å². The molecule has 0 bridgehead atoms. The molecule has 1 N–H and O–H groups in total. The van der Waals surface area contributed by atoms with Crippen LogP contribution < -0.4 is 0 Å². The smallest absolute Gasteiger partial charge is 0.226 e. The number of hydrogen-bond donors (Lipinski definition) is 1. The van der Waals surface area contributed by atoms with Gasteiger partial charge in [0.25, 0.3) is 0 Å². The van der Waals surface area contributed by atoms with Crippen molar-refractivity contribution >= 4 is 5.71 Å². The molecular weight excluding hydrogens is 276 g/mol. The van der Waals surface area contributed by atoms with Crippen molar-refractivity contribution in [1.29, 1.82) is 0 Å². The first kappa shape index (κ1) is 13.2. The predicted octanol–water partition coefficient (Wildman–Crippen LogP) is -0.537. The SMILES string of the molecule is C[C@H]1[C@H](N2CCOCC2)[N+]([O-])=C2CCc3nonc3[C@@]21O. The van der Waals surface area contributed by atoms with Gasteiger partial charge in [0.2, 0.25) is 17.5 Å². The van der Waals surface area contributed by atoms with E-state index in [9.17, 15) is 10.3 Å². The zero-order valence-electron chi connectivity index (χ0n) is 11.9. The van der Waals surface area contributed by atoms with Gasteiger partial charge in [-0.1, -0.05) is 17.2 Å². The quantitative estimate of drug-likeness (QED) is 0.549. The van der Waals surface area contributed by atoms with Gasteiger partial charge in [0.15, 0.2) is 5.69 Å². The number of fused-ring (bicyclic) bond motifs is 3. The monoisotopic (exact) mass is 294 g/mol. The van der Waals surface area contributed by atoms with Crippen LogP contribution in [-0.4, -0.2) is 63.2 Å². The molecule has 4 rings (SSSR count). The van der Waals surface area contributed by atoms with Crippen LogP contribution in [0.4, 0.5) is 0 Å². The van der Waals surface area contributed by atoms with E-state index in [1.807, 2.05) is 6.92 Å². The maximum atomic E-state index is 12.7.